The van der Waals surface area contributed by atoms with Gasteiger partial charge >= 0.3 is 12.1 Å². The lowest BCUT2D eigenvalue weighted by molar-refractivity contribution is -0.139. The Morgan fingerprint density at radius 3 is 2.35 bits per heavy atom. The van der Waals surface area contributed by atoms with Crippen LogP contribution < -0.4 is 5.32 Å². The van der Waals surface area contributed by atoms with E-state index >= 15 is 0 Å². The molecule has 2 N–H and O–H groups in total. The van der Waals surface area contributed by atoms with Crippen LogP contribution in [0.1, 0.15) is 46.1 Å². The van der Waals surface area contributed by atoms with Gasteiger partial charge in [-0.15, -0.1) is 0 Å². The van der Waals surface area contributed by atoms with Gasteiger partial charge in [0.1, 0.15) is 5.60 Å². The molecule has 0 aliphatic heterocycles. The minimum absolute atomic E-state index is 0.122. The number of anilines is 1. The maximum Gasteiger partial charge on any atom is 0.412 e. The molecule has 1 aromatic carbocycles. The van der Waals surface area contributed by atoms with E-state index in [1.807, 2.05) is 13.8 Å². The molecule has 1 fully saturated rings. The zero-order chi connectivity index (χ0) is 17.6. The summed E-state index contributed by atoms with van der Waals surface area (Å²) >= 11 is 6.29. The van der Waals surface area contributed by atoms with Gasteiger partial charge in [0.15, 0.2) is 0 Å². The van der Waals surface area contributed by atoms with E-state index in [9.17, 15) is 14.7 Å². The lowest BCUT2D eigenvalue weighted by Crippen LogP contribution is -2.27. The number of hydrogen-bond acceptors (Lipinski definition) is 3. The van der Waals surface area contributed by atoms with Gasteiger partial charge in [-0.25, -0.2) is 4.79 Å². The number of carboxylic acid groups (broad SMARTS) is 1. The molecule has 23 heavy (non-hydrogen) atoms. The molecule has 0 spiro atoms. The average molecular weight is 340 g/mol. The first-order valence-corrected chi connectivity index (χ1v) is 7.83. The number of rotatable bonds is 3. The highest BCUT2D eigenvalue weighted by molar-refractivity contribution is 6.31. The molecule has 6 heteroatoms. The number of amides is 1. The summed E-state index contributed by atoms with van der Waals surface area (Å²) in [5, 5.41) is 12.3. The first-order valence-electron chi connectivity index (χ1n) is 7.46. The predicted molar refractivity (Wildman–Crippen MR) is 89.0 cm³/mol. The van der Waals surface area contributed by atoms with Gasteiger partial charge in [0, 0.05) is 16.6 Å². The smallest absolute Gasteiger partial charge is 0.412 e. The summed E-state index contributed by atoms with van der Waals surface area (Å²) in [4.78, 5) is 23.1. The van der Waals surface area contributed by atoms with E-state index in [2.05, 4.69) is 5.32 Å². The number of carbonyl (C=O) groups is 2. The zero-order valence-electron chi connectivity index (χ0n) is 13.9. The highest BCUT2D eigenvalue weighted by atomic mass is 35.5. The molecule has 1 aliphatic carbocycles. The summed E-state index contributed by atoms with van der Waals surface area (Å²) in [6, 6.07) is 5.09. The molecule has 0 saturated heterocycles. The molecule has 0 bridgehead atoms. The molecule has 0 unspecified atom stereocenters. The van der Waals surface area contributed by atoms with Crippen molar-refractivity contribution in [2.24, 2.45) is 11.3 Å². The van der Waals surface area contributed by atoms with Crippen molar-refractivity contribution in [2.45, 2.75) is 46.1 Å². The van der Waals surface area contributed by atoms with Crippen molar-refractivity contribution in [1.29, 1.82) is 0 Å². The third kappa shape index (κ3) is 3.78. The Bertz CT molecular complexity index is 648. The second-order valence-corrected chi connectivity index (χ2v) is 7.89. The van der Waals surface area contributed by atoms with Crippen molar-refractivity contribution in [3.8, 4) is 0 Å². The maximum atomic E-state index is 11.8. The standard InChI is InChI=1S/C17H22ClNO4/c1-16(2,3)23-15(22)19-9-6-7-10(11(18)8-9)12-13(14(20)21)17(12,4)5/h6-8,12-13H,1-5H3,(H,19,22)(H,20,21)/t12-,13+/m0/s1. The van der Waals surface area contributed by atoms with Crippen molar-refractivity contribution >= 4 is 29.4 Å². The summed E-state index contributed by atoms with van der Waals surface area (Å²) in [5.41, 5.74) is 0.396. The van der Waals surface area contributed by atoms with E-state index in [-0.39, 0.29) is 11.3 Å². The largest absolute Gasteiger partial charge is 0.481 e. The van der Waals surface area contributed by atoms with E-state index in [1.54, 1.807) is 39.0 Å². The van der Waals surface area contributed by atoms with Crippen molar-refractivity contribution in [1.82, 2.24) is 0 Å². The number of ether oxygens (including phenoxy) is 1. The minimum atomic E-state index is -0.813. The Kier molecular flexibility index (Phi) is 4.37. The van der Waals surface area contributed by atoms with Gasteiger partial charge in [0.2, 0.25) is 0 Å². The van der Waals surface area contributed by atoms with Gasteiger partial charge in [-0.1, -0.05) is 31.5 Å². The quantitative estimate of drug-likeness (QED) is 0.849. The Balaban J connectivity index is 2.14. The maximum absolute atomic E-state index is 11.8. The minimum Gasteiger partial charge on any atom is -0.481 e. The van der Waals surface area contributed by atoms with E-state index < -0.39 is 23.6 Å². The Hall–Kier alpha value is -1.75. The Morgan fingerprint density at radius 1 is 1.30 bits per heavy atom. The predicted octanol–water partition coefficient (Wildman–Crippen LogP) is 4.51. The lowest BCUT2D eigenvalue weighted by atomic mass is 10.0. The van der Waals surface area contributed by atoms with Crippen LogP contribution in [0.4, 0.5) is 10.5 Å². The number of hydrogen-bond donors (Lipinski definition) is 2. The van der Waals surface area contributed by atoms with Crippen molar-refractivity contribution in [3.63, 3.8) is 0 Å². The average Bonchev–Trinajstić information content (AvgIpc) is 2.89. The molecule has 0 heterocycles. The first kappa shape index (κ1) is 17.6. The van der Waals surface area contributed by atoms with Gasteiger partial charge in [-0.05, 0) is 43.9 Å². The highest BCUT2D eigenvalue weighted by Gasteiger charge is 2.63. The van der Waals surface area contributed by atoms with Crippen LogP contribution in [0.5, 0.6) is 0 Å². The molecule has 126 valence electrons. The summed E-state index contributed by atoms with van der Waals surface area (Å²) in [6.45, 7) is 9.18. The monoisotopic (exact) mass is 339 g/mol. The normalized spacial score (nSPS) is 22.3. The van der Waals surface area contributed by atoms with Crippen LogP contribution in [0.25, 0.3) is 0 Å². The Labute approximate surface area is 141 Å². The van der Waals surface area contributed by atoms with Gasteiger partial charge in [0.05, 0.1) is 5.92 Å². The van der Waals surface area contributed by atoms with Crippen molar-refractivity contribution in [2.75, 3.05) is 5.32 Å². The van der Waals surface area contributed by atoms with Crippen LogP contribution in [0.2, 0.25) is 5.02 Å². The summed E-state index contributed by atoms with van der Waals surface area (Å²) < 4.78 is 5.18. The zero-order valence-corrected chi connectivity index (χ0v) is 14.7. The van der Waals surface area contributed by atoms with Gasteiger partial charge < -0.3 is 9.84 Å². The van der Waals surface area contributed by atoms with Crippen molar-refractivity contribution < 1.29 is 19.4 Å². The molecule has 1 amide bonds. The van der Waals surface area contributed by atoms with Crippen LogP contribution in [0.15, 0.2) is 18.2 Å². The second-order valence-electron chi connectivity index (χ2n) is 7.48. The molecular formula is C17H22ClNO4. The highest BCUT2D eigenvalue weighted by Crippen LogP contribution is 2.65. The lowest BCUT2D eigenvalue weighted by Gasteiger charge is -2.20. The van der Waals surface area contributed by atoms with Crippen LogP contribution in [-0.4, -0.2) is 22.8 Å². The number of benzene rings is 1. The summed E-state index contributed by atoms with van der Waals surface area (Å²) in [7, 11) is 0. The third-order valence-electron chi connectivity index (χ3n) is 4.07. The molecule has 0 radical (unpaired) electrons. The van der Waals surface area contributed by atoms with E-state index in [1.165, 1.54) is 0 Å². The summed E-state index contributed by atoms with van der Waals surface area (Å²) in [6.07, 6.45) is -0.559. The fourth-order valence-corrected chi connectivity index (χ4v) is 3.26. The number of carboxylic acids is 1. The van der Waals surface area contributed by atoms with E-state index in [0.717, 1.165) is 5.56 Å². The number of carbonyl (C=O) groups excluding carboxylic acids is 1. The first-order chi connectivity index (χ1) is 10.4. The molecule has 2 rings (SSSR count). The summed E-state index contributed by atoms with van der Waals surface area (Å²) in [5.74, 6) is -1.38. The topological polar surface area (TPSA) is 75.6 Å². The number of nitrogens with one attached hydrogen (secondary N) is 1. The van der Waals surface area contributed by atoms with Crippen LogP contribution in [-0.2, 0) is 9.53 Å². The molecule has 2 atom stereocenters. The van der Waals surface area contributed by atoms with Gasteiger partial charge in [-0.3, -0.25) is 10.1 Å². The fraction of sp³-hybridized carbons (Fsp3) is 0.529. The molecule has 1 saturated carbocycles. The molecule has 5 nitrogen and oxygen atoms in total. The third-order valence-corrected chi connectivity index (χ3v) is 4.40. The van der Waals surface area contributed by atoms with Gasteiger partial charge in [0.25, 0.3) is 0 Å². The molecule has 1 aliphatic rings. The van der Waals surface area contributed by atoms with E-state index in [0.29, 0.717) is 10.7 Å². The Morgan fingerprint density at radius 2 is 1.91 bits per heavy atom. The molecular weight excluding hydrogens is 318 g/mol. The van der Waals surface area contributed by atoms with E-state index in [4.69, 9.17) is 16.3 Å². The molecule has 1 aromatic rings. The SMILES string of the molecule is CC(C)(C)OC(=O)Nc1ccc([C@H]2[C@H](C(=O)O)C2(C)C)c(Cl)c1. The number of halogens is 1. The van der Waals surface area contributed by atoms with Crippen LogP contribution in [0.3, 0.4) is 0 Å². The fourth-order valence-electron chi connectivity index (χ4n) is 2.96. The van der Waals surface area contributed by atoms with Gasteiger partial charge in [-0.2, -0.15) is 0 Å². The second kappa shape index (κ2) is 5.71. The number of aliphatic carboxylic acids is 1. The van der Waals surface area contributed by atoms with Crippen LogP contribution in [0, 0.1) is 11.3 Å². The van der Waals surface area contributed by atoms with Crippen LogP contribution >= 0.6 is 11.6 Å². The molecule has 0 aromatic heterocycles. The van der Waals surface area contributed by atoms with Crippen molar-refractivity contribution in [3.05, 3.63) is 28.8 Å².